The lowest BCUT2D eigenvalue weighted by atomic mass is 10.1. The standard InChI is InChI=1S/C16H25NO4S/c1-12(2)21-13-6-8-14(9-7-13)22(19,20)11-10-15(18)17-16(3,4)5/h6-9,12H,10-11H2,1-5H3,(H,17,18). The molecule has 1 amide bonds. The Morgan fingerprint density at radius 1 is 1.18 bits per heavy atom. The van der Waals surface area contributed by atoms with Gasteiger partial charge in [0.25, 0.3) is 0 Å². The third-order valence-corrected chi connectivity index (χ3v) is 4.40. The van der Waals surface area contributed by atoms with Crippen molar-refractivity contribution < 1.29 is 17.9 Å². The number of benzene rings is 1. The summed E-state index contributed by atoms with van der Waals surface area (Å²) in [5.41, 5.74) is -0.364. The quantitative estimate of drug-likeness (QED) is 0.871. The number of amides is 1. The highest BCUT2D eigenvalue weighted by Crippen LogP contribution is 2.18. The van der Waals surface area contributed by atoms with Gasteiger partial charge >= 0.3 is 0 Å². The zero-order chi connectivity index (χ0) is 17.0. The highest BCUT2D eigenvalue weighted by atomic mass is 32.2. The molecule has 0 aliphatic heterocycles. The summed E-state index contributed by atoms with van der Waals surface area (Å²) in [7, 11) is -3.47. The molecule has 6 heteroatoms. The van der Waals surface area contributed by atoms with Gasteiger partial charge in [-0.1, -0.05) is 0 Å². The van der Waals surface area contributed by atoms with Crippen LogP contribution in [0.2, 0.25) is 0 Å². The Morgan fingerprint density at radius 3 is 2.18 bits per heavy atom. The summed E-state index contributed by atoms with van der Waals surface area (Å²) in [6.45, 7) is 9.36. The number of hydrogen-bond acceptors (Lipinski definition) is 4. The van der Waals surface area contributed by atoms with Crippen molar-refractivity contribution in [1.29, 1.82) is 0 Å². The normalized spacial score (nSPS) is 12.3. The van der Waals surface area contributed by atoms with E-state index in [9.17, 15) is 13.2 Å². The molecule has 1 aromatic carbocycles. The maximum Gasteiger partial charge on any atom is 0.221 e. The Kier molecular flexibility index (Phi) is 6.00. The second-order valence-corrected chi connectivity index (χ2v) is 8.61. The molecule has 0 heterocycles. The fraction of sp³-hybridized carbons (Fsp3) is 0.562. The van der Waals surface area contributed by atoms with Crippen LogP contribution in [-0.2, 0) is 14.6 Å². The maximum atomic E-state index is 12.2. The molecular weight excluding hydrogens is 302 g/mol. The molecule has 0 aliphatic carbocycles. The summed E-state index contributed by atoms with van der Waals surface area (Å²) in [6.07, 6.45) is -0.0207. The van der Waals surface area contributed by atoms with Gasteiger partial charge < -0.3 is 10.1 Å². The summed E-state index contributed by atoms with van der Waals surface area (Å²) >= 11 is 0. The lowest BCUT2D eigenvalue weighted by molar-refractivity contribution is -0.122. The summed E-state index contributed by atoms with van der Waals surface area (Å²) in [4.78, 5) is 11.9. The Morgan fingerprint density at radius 2 is 1.73 bits per heavy atom. The van der Waals surface area contributed by atoms with Gasteiger partial charge in [0.2, 0.25) is 5.91 Å². The molecule has 5 nitrogen and oxygen atoms in total. The Hall–Kier alpha value is -1.56. The number of carbonyl (C=O) groups is 1. The van der Waals surface area contributed by atoms with Gasteiger partial charge in [-0.3, -0.25) is 4.79 Å². The molecule has 0 bridgehead atoms. The zero-order valence-corrected chi connectivity index (χ0v) is 14.7. The first-order valence-electron chi connectivity index (χ1n) is 7.30. The summed E-state index contributed by atoms with van der Waals surface area (Å²) in [5, 5.41) is 2.75. The first-order chi connectivity index (χ1) is 9.99. The average molecular weight is 327 g/mol. The molecule has 1 N–H and O–H groups in total. The van der Waals surface area contributed by atoms with Gasteiger partial charge in [-0.15, -0.1) is 0 Å². The largest absolute Gasteiger partial charge is 0.491 e. The molecule has 1 rings (SSSR count). The second kappa shape index (κ2) is 7.13. The molecule has 0 fully saturated rings. The van der Waals surface area contributed by atoms with E-state index in [4.69, 9.17) is 4.74 Å². The van der Waals surface area contributed by atoms with Gasteiger partial charge in [-0.05, 0) is 58.9 Å². The van der Waals surface area contributed by atoms with Gasteiger partial charge in [-0.25, -0.2) is 8.42 Å². The van der Waals surface area contributed by atoms with Crippen molar-refractivity contribution >= 4 is 15.7 Å². The fourth-order valence-electron chi connectivity index (χ4n) is 1.82. The molecule has 0 radical (unpaired) electrons. The minimum absolute atomic E-state index is 0.0311. The smallest absolute Gasteiger partial charge is 0.221 e. The molecule has 0 aliphatic rings. The van der Waals surface area contributed by atoms with Gasteiger partial charge in [0, 0.05) is 12.0 Å². The highest BCUT2D eigenvalue weighted by molar-refractivity contribution is 7.91. The van der Waals surface area contributed by atoms with Crippen molar-refractivity contribution in [2.75, 3.05) is 5.75 Å². The maximum absolute atomic E-state index is 12.2. The van der Waals surface area contributed by atoms with Crippen molar-refractivity contribution in [1.82, 2.24) is 5.32 Å². The molecule has 0 aromatic heterocycles. The number of ether oxygens (including phenoxy) is 1. The second-order valence-electron chi connectivity index (χ2n) is 6.51. The van der Waals surface area contributed by atoms with Gasteiger partial charge in [0.15, 0.2) is 9.84 Å². The van der Waals surface area contributed by atoms with E-state index < -0.39 is 9.84 Å². The van der Waals surface area contributed by atoms with E-state index in [1.54, 1.807) is 12.1 Å². The average Bonchev–Trinajstić information content (AvgIpc) is 2.34. The molecular formula is C16H25NO4S. The molecule has 0 atom stereocenters. The van der Waals surface area contributed by atoms with Crippen LogP contribution in [0.25, 0.3) is 0 Å². The molecule has 0 spiro atoms. The third kappa shape index (κ3) is 6.47. The highest BCUT2D eigenvalue weighted by Gasteiger charge is 2.19. The fourth-order valence-corrected chi connectivity index (χ4v) is 3.06. The number of rotatable bonds is 6. The van der Waals surface area contributed by atoms with Crippen LogP contribution in [0.3, 0.4) is 0 Å². The number of hydrogen-bond donors (Lipinski definition) is 1. The van der Waals surface area contributed by atoms with Crippen LogP contribution in [0.1, 0.15) is 41.0 Å². The van der Waals surface area contributed by atoms with Crippen LogP contribution in [0, 0.1) is 0 Å². The van der Waals surface area contributed by atoms with Gasteiger partial charge in [-0.2, -0.15) is 0 Å². The van der Waals surface area contributed by atoms with E-state index in [1.165, 1.54) is 12.1 Å². The first kappa shape index (κ1) is 18.5. The summed E-state index contributed by atoms with van der Waals surface area (Å²) < 4.78 is 29.9. The van der Waals surface area contributed by atoms with E-state index in [2.05, 4.69) is 5.32 Å². The third-order valence-electron chi connectivity index (χ3n) is 2.67. The molecule has 0 saturated heterocycles. The lowest BCUT2D eigenvalue weighted by Crippen LogP contribution is -2.41. The lowest BCUT2D eigenvalue weighted by Gasteiger charge is -2.20. The monoisotopic (exact) mass is 327 g/mol. The van der Waals surface area contributed by atoms with Crippen molar-refractivity contribution in [2.45, 2.75) is 57.6 Å². The molecule has 124 valence electrons. The molecule has 22 heavy (non-hydrogen) atoms. The zero-order valence-electron chi connectivity index (χ0n) is 13.8. The van der Waals surface area contributed by atoms with E-state index in [-0.39, 0.29) is 34.6 Å². The molecule has 0 unspecified atom stereocenters. The minimum Gasteiger partial charge on any atom is -0.491 e. The Bertz CT molecular complexity index is 598. The van der Waals surface area contributed by atoms with Crippen LogP contribution in [0.15, 0.2) is 29.2 Å². The minimum atomic E-state index is -3.47. The predicted molar refractivity (Wildman–Crippen MR) is 86.8 cm³/mol. The van der Waals surface area contributed by atoms with Crippen molar-refractivity contribution in [3.8, 4) is 5.75 Å². The van der Waals surface area contributed by atoms with Crippen molar-refractivity contribution in [3.05, 3.63) is 24.3 Å². The van der Waals surface area contributed by atoms with Crippen LogP contribution < -0.4 is 10.1 Å². The Balaban J connectivity index is 2.68. The van der Waals surface area contributed by atoms with E-state index in [0.717, 1.165) is 0 Å². The number of sulfone groups is 1. The van der Waals surface area contributed by atoms with Crippen LogP contribution in [-0.4, -0.2) is 31.7 Å². The van der Waals surface area contributed by atoms with E-state index in [1.807, 2.05) is 34.6 Å². The summed E-state index contributed by atoms with van der Waals surface area (Å²) in [6, 6.07) is 6.27. The van der Waals surface area contributed by atoms with Crippen LogP contribution >= 0.6 is 0 Å². The number of carbonyl (C=O) groups excluding carboxylic acids is 1. The van der Waals surface area contributed by atoms with Gasteiger partial charge in [0.05, 0.1) is 16.8 Å². The Labute approximate surface area is 133 Å². The van der Waals surface area contributed by atoms with Crippen molar-refractivity contribution in [2.24, 2.45) is 0 Å². The summed E-state index contributed by atoms with van der Waals surface area (Å²) in [5.74, 6) is 0.148. The van der Waals surface area contributed by atoms with Crippen LogP contribution in [0.4, 0.5) is 0 Å². The predicted octanol–water partition coefficient (Wildman–Crippen LogP) is 2.55. The topological polar surface area (TPSA) is 72.5 Å². The van der Waals surface area contributed by atoms with Crippen molar-refractivity contribution in [3.63, 3.8) is 0 Å². The first-order valence-corrected chi connectivity index (χ1v) is 8.95. The SMILES string of the molecule is CC(C)Oc1ccc(S(=O)(=O)CCC(=O)NC(C)(C)C)cc1. The van der Waals surface area contributed by atoms with E-state index >= 15 is 0 Å². The molecule has 1 aromatic rings. The van der Waals surface area contributed by atoms with Crippen LogP contribution in [0.5, 0.6) is 5.75 Å². The molecule has 0 saturated carbocycles. The van der Waals surface area contributed by atoms with E-state index in [0.29, 0.717) is 5.75 Å². The number of nitrogens with one attached hydrogen (secondary N) is 1. The van der Waals surface area contributed by atoms with Gasteiger partial charge in [0.1, 0.15) is 5.75 Å².